The number of fused-ring (bicyclic) bond motifs is 1. The molecule has 0 aliphatic rings. The standard InChI is InChI=1S/C21H25N3O2S2/c1-3-4-13-24-20(26)17-9-5-6-10-18(17)23-21(24)28-15(2)19(25)22-12-11-16-8-7-14-27-16/h5-10,14-15H,3-4,11-13H2,1-2H3,(H,22,25). The zero-order chi connectivity index (χ0) is 19.9. The summed E-state index contributed by atoms with van der Waals surface area (Å²) < 4.78 is 1.71. The van der Waals surface area contributed by atoms with Crippen LogP contribution < -0.4 is 10.9 Å². The van der Waals surface area contributed by atoms with Crippen molar-refractivity contribution in [2.24, 2.45) is 0 Å². The predicted molar refractivity (Wildman–Crippen MR) is 117 cm³/mol. The lowest BCUT2D eigenvalue weighted by molar-refractivity contribution is -0.120. The number of benzene rings is 1. The van der Waals surface area contributed by atoms with E-state index in [0.29, 0.717) is 29.1 Å². The number of para-hydroxylation sites is 1. The first-order valence-corrected chi connectivity index (χ1v) is 11.3. The summed E-state index contributed by atoms with van der Waals surface area (Å²) in [7, 11) is 0. The monoisotopic (exact) mass is 415 g/mol. The smallest absolute Gasteiger partial charge is 0.262 e. The van der Waals surface area contributed by atoms with E-state index >= 15 is 0 Å². The lowest BCUT2D eigenvalue weighted by atomic mass is 10.2. The molecule has 148 valence electrons. The molecule has 1 atom stereocenters. The van der Waals surface area contributed by atoms with Gasteiger partial charge >= 0.3 is 0 Å². The zero-order valence-electron chi connectivity index (χ0n) is 16.2. The number of aromatic nitrogens is 2. The largest absolute Gasteiger partial charge is 0.355 e. The van der Waals surface area contributed by atoms with Gasteiger partial charge in [-0.1, -0.05) is 43.3 Å². The molecule has 1 N–H and O–H groups in total. The first-order valence-electron chi connectivity index (χ1n) is 9.56. The van der Waals surface area contributed by atoms with Crippen LogP contribution in [-0.2, 0) is 17.8 Å². The van der Waals surface area contributed by atoms with Crippen molar-refractivity contribution in [1.29, 1.82) is 0 Å². The Kier molecular flexibility index (Phi) is 7.28. The molecule has 0 aliphatic carbocycles. The van der Waals surface area contributed by atoms with Crippen molar-refractivity contribution < 1.29 is 4.79 Å². The molecular formula is C21H25N3O2S2. The maximum atomic E-state index is 12.9. The van der Waals surface area contributed by atoms with E-state index in [1.54, 1.807) is 15.9 Å². The Labute approximate surface area is 173 Å². The van der Waals surface area contributed by atoms with Crippen LogP contribution in [0.15, 0.2) is 51.7 Å². The summed E-state index contributed by atoms with van der Waals surface area (Å²) in [6.45, 7) is 5.17. The normalized spacial score (nSPS) is 12.2. The number of rotatable bonds is 9. The molecule has 0 radical (unpaired) electrons. The Hall–Kier alpha value is -2.12. The fourth-order valence-corrected chi connectivity index (χ4v) is 4.54. The lowest BCUT2D eigenvalue weighted by Crippen LogP contribution is -2.33. The van der Waals surface area contributed by atoms with E-state index in [0.717, 1.165) is 19.3 Å². The summed E-state index contributed by atoms with van der Waals surface area (Å²) in [5, 5.41) is 5.93. The molecule has 2 aromatic heterocycles. The van der Waals surface area contributed by atoms with Crippen molar-refractivity contribution >= 4 is 39.9 Å². The number of carbonyl (C=O) groups is 1. The molecule has 1 amide bonds. The average molecular weight is 416 g/mol. The van der Waals surface area contributed by atoms with Gasteiger partial charge in [0.15, 0.2) is 5.16 Å². The van der Waals surface area contributed by atoms with Gasteiger partial charge in [0.1, 0.15) is 0 Å². The lowest BCUT2D eigenvalue weighted by Gasteiger charge is -2.16. The number of amides is 1. The minimum atomic E-state index is -0.329. The van der Waals surface area contributed by atoms with Crippen LogP contribution in [0.25, 0.3) is 10.9 Å². The number of carbonyl (C=O) groups excluding carboxylic acids is 1. The van der Waals surface area contributed by atoms with E-state index in [-0.39, 0.29) is 16.7 Å². The van der Waals surface area contributed by atoms with E-state index in [1.165, 1.54) is 16.6 Å². The van der Waals surface area contributed by atoms with Gasteiger partial charge in [0.2, 0.25) is 5.91 Å². The summed E-state index contributed by atoms with van der Waals surface area (Å²) in [4.78, 5) is 31.4. The molecule has 1 unspecified atom stereocenters. The van der Waals surface area contributed by atoms with E-state index in [2.05, 4.69) is 23.3 Å². The van der Waals surface area contributed by atoms with Gasteiger partial charge in [-0.05, 0) is 43.3 Å². The number of unbranched alkanes of at least 4 members (excludes halogenated alkanes) is 1. The molecule has 3 aromatic rings. The van der Waals surface area contributed by atoms with Crippen LogP contribution in [0.4, 0.5) is 0 Å². The van der Waals surface area contributed by atoms with Gasteiger partial charge in [0.25, 0.3) is 5.56 Å². The highest BCUT2D eigenvalue weighted by molar-refractivity contribution is 8.00. The van der Waals surface area contributed by atoms with Crippen molar-refractivity contribution in [1.82, 2.24) is 14.9 Å². The van der Waals surface area contributed by atoms with Gasteiger partial charge in [-0.15, -0.1) is 11.3 Å². The Morgan fingerprint density at radius 1 is 1.29 bits per heavy atom. The van der Waals surface area contributed by atoms with Crippen LogP contribution >= 0.6 is 23.1 Å². The SMILES string of the molecule is CCCCn1c(SC(C)C(=O)NCCc2cccs2)nc2ccccc2c1=O. The Morgan fingerprint density at radius 3 is 2.86 bits per heavy atom. The van der Waals surface area contributed by atoms with Crippen LogP contribution in [0.2, 0.25) is 0 Å². The van der Waals surface area contributed by atoms with Gasteiger partial charge in [0, 0.05) is 18.0 Å². The second-order valence-corrected chi connectivity index (χ2v) is 8.94. The van der Waals surface area contributed by atoms with Crippen LogP contribution in [0.1, 0.15) is 31.6 Å². The highest BCUT2D eigenvalue weighted by Crippen LogP contribution is 2.23. The average Bonchev–Trinajstić information content (AvgIpc) is 3.21. The Morgan fingerprint density at radius 2 is 2.11 bits per heavy atom. The Balaban J connectivity index is 1.73. The Bertz CT molecular complexity index is 983. The van der Waals surface area contributed by atoms with Crippen LogP contribution in [0, 0.1) is 0 Å². The third kappa shape index (κ3) is 5.02. The summed E-state index contributed by atoms with van der Waals surface area (Å²) in [6, 6.07) is 11.5. The molecule has 0 fully saturated rings. The fraction of sp³-hybridized carbons (Fsp3) is 0.381. The van der Waals surface area contributed by atoms with Crippen molar-refractivity contribution in [2.75, 3.05) is 6.54 Å². The van der Waals surface area contributed by atoms with E-state index in [9.17, 15) is 9.59 Å². The van der Waals surface area contributed by atoms with Crippen LogP contribution in [0.3, 0.4) is 0 Å². The van der Waals surface area contributed by atoms with Gasteiger partial charge < -0.3 is 5.32 Å². The van der Waals surface area contributed by atoms with Gasteiger partial charge in [0.05, 0.1) is 16.2 Å². The van der Waals surface area contributed by atoms with Gasteiger partial charge in [-0.2, -0.15) is 0 Å². The molecule has 1 aromatic carbocycles. The molecule has 0 spiro atoms. The fourth-order valence-electron chi connectivity index (χ4n) is 2.87. The van der Waals surface area contributed by atoms with Crippen LogP contribution in [-0.4, -0.2) is 27.3 Å². The highest BCUT2D eigenvalue weighted by atomic mass is 32.2. The number of thioether (sulfide) groups is 1. The maximum Gasteiger partial charge on any atom is 0.262 e. The molecule has 5 nitrogen and oxygen atoms in total. The number of thiophene rings is 1. The molecule has 0 bridgehead atoms. The molecule has 7 heteroatoms. The number of nitrogens with one attached hydrogen (secondary N) is 1. The molecule has 3 rings (SSSR count). The topological polar surface area (TPSA) is 64.0 Å². The predicted octanol–water partition coefficient (Wildman–Crippen LogP) is 4.10. The second kappa shape index (κ2) is 9.89. The minimum absolute atomic E-state index is 0.0353. The van der Waals surface area contributed by atoms with E-state index in [1.807, 2.05) is 42.6 Å². The first-order chi connectivity index (χ1) is 13.6. The third-order valence-corrected chi connectivity index (χ3v) is 6.49. The summed E-state index contributed by atoms with van der Waals surface area (Å²) in [5.74, 6) is -0.0361. The number of nitrogens with zero attached hydrogens (tertiary/aromatic N) is 2. The van der Waals surface area contributed by atoms with Crippen molar-refractivity contribution in [2.45, 2.75) is 50.1 Å². The summed E-state index contributed by atoms with van der Waals surface area (Å²) in [6.07, 6.45) is 2.72. The van der Waals surface area contributed by atoms with Crippen molar-refractivity contribution in [3.05, 3.63) is 57.0 Å². The number of hydrogen-bond acceptors (Lipinski definition) is 5. The quantitative estimate of drug-likeness (QED) is 0.422. The third-order valence-electron chi connectivity index (χ3n) is 4.46. The van der Waals surface area contributed by atoms with Crippen LogP contribution in [0.5, 0.6) is 0 Å². The van der Waals surface area contributed by atoms with Crippen molar-refractivity contribution in [3.63, 3.8) is 0 Å². The summed E-state index contributed by atoms with van der Waals surface area (Å²) in [5.41, 5.74) is 0.639. The summed E-state index contributed by atoms with van der Waals surface area (Å²) >= 11 is 3.04. The zero-order valence-corrected chi connectivity index (χ0v) is 17.8. The maximum absolute atomic E-state index is 12.9. The molecule has 0 saturated carbocycles. The highest BCUT2D eigenvalue weighted by Gasteiger charge is 2.19. The minimum Gasteiger partial charge on any atom is -0.355 e. The van der Waals surface area contributed by atoms with E-state index in [4.69, 9.17) is 0 Å². The second-order valence-electron chi connectivity index (χ2n) is 6.60. The molecule has 0 aliphatic heterocycles. The molecule has 0 saturated heterocycles. The molecule has 2 heterocycles. The van der Waals surface area contributed by atoms with E-state index < -0.39 is 0 Å². The first kappa shape index (κ1) is 20.6. The number of hydrogen-bond donors (Lipinski definition) is 1. The molecular weight excluding hydrogens is 390 g/mol. The molecule has 28 heavy (non-hydrogen) atoms. The van der Waals surface area contributed by atoms with Gasteiger partial charge in [-0.3, -0.25) is 14.2 Å². The van der Waals surface area contributed by atoms with Gasteiger partial charge in [-0.25, -0.2) is 4.98 Å². The van der Waals surface area contributed by atoms with Crippen molar-refractivity contribution in [3.8, 4) is 0 Å².